The van der Waals surface area contributed by atoms with Gasteiger partial charge in [0.05, 0.1) is 36.6 Å². The molecule has 54 heavy (non-hydrogen) atoms. The molecular formula is C43H48N4O7. The number of carbonyl (C=O) groups is 4. The predicted molar refractivity (Wildman–Crippen MR) is 204 cm³/mol. The van der Waals surface area contributed by atoms with Crippen LogP contribution in [0.5, 0.6) is 0 Å². The number of nitrogens with one attached hydrogen (secondary N) is 1. The monoisotopic (exact) mass is 732 g/mol. The molecule has 1 spiro atoms. The molecule has 3 amide bonds. The lowest BCUT2D eigenvalue weighted by Crippen LogP contribution is -2.58. The van der Waals surface area contributed by atoms with Crippen LogP contribution in [0.2, 0.25) is 0 Å². The van der Waals surface area contributed by atoms with Crippen LogP contribution >= 0.6 is 0 Å². The van der Waals surface area contributed by atoms with Crippen molar-refractivity contribution in [2.75, 3.05) is 42.6 Å². The highest BCUT2D eigenvalue weighted by Crippen LogP contribution is 2.54. The average Bonchev–Trinajstić information content (AvgIpc) is 3.59. The van der Waals surface area contributed by atoms with Gasteiger partial charge in [0.15, 0.2) is 0 Å². The summed E-state index contributed by atoms with van der Waals surface area (Å²) in [6, 6.07) is 23.9. The lowest BCUT2D eigenvalue weighted by Gasteiger charge is -2.38. The van der Waals surface area contributed by atoms with Gasteiger partial charge in [0.1, 0.15) is 18.2 Å². The first-order chi connectivity index (χ1) is 26.3. The molecule has 0 aliphatic carbocycles. The third kappa shape index (κ3) is 6.94. The highest BCUT2D eigenvalue weighted by molar-refractivity contribution is 6.06. The van der Waals surface area contributed by atoms with Crippen LogP contribution in [-0.2, 0) is 35.1 Å². The topological polar surface area (TPSA) is 129 Å². The number of rotatable bonds is 9. The summed E-state index contributed by atoms with van der Waals surface area (Å²) in [5.74, 6) is -3.76. The normalized spacial score (nSPS) is 28.1. The van der Waals surface area contributed by atoms with E-state index >= 15 is 9.59 Å². The van der Waals surface area contributed by atoms with E-state index in [0.29, 0.717) is 18.5 Å². The zero-order valence-electron chi connectivity index (χ0n) is 30.8. The van der Waals surface area contributed by atoms with Crippen molar-refractivity contribution in [1.29, 1.82) is 0 Å². The third-order valence-electron chi connectivity index (χ3n) is 11.2. The number of aliphatic hydroxyl groups excluding tert-OH is 1. The van der Waals surface area contributed by atoms with Gasteiger partial charge in [0, 0.05) is 37.4 Å². The number of amides is 3. The van der Waals surface area contributed by atoms with Crippen molar-refractivity contribution >= 4 is 35.1 Å². The first-order valence-electron chi connectivity index (χ1n) is 19.0. The summed E-state index contributed by atoms with van der Waals surface area (Å²) in [5, 5.41) is 14.0. The third-order valence-corrected chi connectivity index (χ3v) is 11.2. The van der Waals surface area contributed by atoms with Crippen molar-refractivity contribution in [3.05, 3.63) is 120 Å². The molecule has 0 saturated carbocycles. The number of fused-ring (bicyclic) bond motifs is 2. The number of benzene rings is 3. The Bertz CT molecular complexity index is 1880. The number of hydrogen-bond donors (Lipinski definition) is 2. The maximum atomic E-state index is 15.2. The summed E-state index contributed by atoms with van der Waals surface area (Å²) in [5.41, 5.74) is 1.80. The van der Waals surface area contributed by atoms with Crippen molar-refractivity contribution in [3.63, 3.8) is 0 Å². The van der Waals surface area contributed by atoms with Crippen LogP contribution in [0.15, 0.2) is 109 Å². The molecular weight excluding hydrogens is 684 g/mol. The Morgan fingerprint density at radius 1 is 0.907 bits per heavy atom. The van der Waals surface area contributed by atoms with Crippen LogP contribution in [0.3, 0.4) is 0 Å². The van der Waals surface area contributed by atoms with E-state index in [9.17, 15) is 14.7 Å². The molecule has 0 radical (unpaired) electrons. The summed E-state index contributed by atoms with van der Waals surface area (Å²) in [6.07, 6.45) is 7.04. The highest BCUT2D eigenvalue weighted by atomic mass is 16.5. The van der Waals surface area contributed by atoms with Gasteiger partial charge >= 0.3 is 5.97 Å². The van der Waals surface area contributed by atoms with Gasteiger partial charge in [0.25, 0.3) is 5.91 Å². The molecule has 4 aliphatic heterocycles. The molecule has 4 aliphatic rings. The van der Waals surface area contributed by atoms with Gasteiger partial charge < -0.3 is 34.6 Å². The molecule has 11 heteroatoms. The van der Waals surface area contributed by atoms with Crippen LogP contribution < -0.4 is 15.1 Å². The number of likely N-dealkylation sites (tertiary alicyclic amines) is 1. The van der Waals surface area contributed by atoms with Crippen LogP contribution in [-0.4, -0.2) is 90.3 Å². The van der Waals surface area contributed by atoms with Crippen LogP contribution in [0.4, 0.5) is 11.4 Å². The quantitative estimate of drug-likeness (QED) is 0.245. The van der Waals surface area contributed by atoms with E-state index in [2.05, 4.69) is 24.1 Å². The number of esters is 1. The van der Waals surface area contributed by atoms with E-state index < -0.39 is 66.1 Å². The molecule has 7 atom stereocenters. The van der Waals surface area contributed by atoms with Crippen LogP contribution in [0, 0.1) is 11.8 Å². The Kier molecular flexibility index (Phi) is 11.0. The van der Waals surface area contributed by atoms with Crippen molar-refractivity contribution in [2.24, 2.45) is 11.8 Å². The molecule has 2 N–H and O–H groups in total. The lowest BCUT2D eigenvalue weighted by molar-refractivity contribution is -0.146. The minimum Gasteiger partial charge on any atom is -0.463 e. The number of anilines is 2. The van der Waals surface area contributed by atoms with E-state index in [1.54, 1.807) is 23.1 Å². The molecule has 0 aromatic heterocycles. The van der Waals surface area contributed by atoms with Crippen molar-refractivity contribution in [2.45, 2.75) is 62.9 Å². The van der Waals surface area contributed by atoms with Gasteiger partial charge in [0.2, 0.25) is 11.8 Å². The summed E-state index contributed by atoms with van der Waals surface area (Å²) in [6.45, 7) is 5.59. The van der Waals surface area contributed by atoms with Crippen LogP contribution in [0.25, 0.3) is 0 Å². The second-order valence-electron chi connectivity index (χ2n) is 14.3. The lowest BCUT2D eigenvalue weighted by atomic mass is 9.77. The zero-order valence-corrected chi connectivity index (χ0v) is 30.8. The minimum absolute atomic E-state index is 0.0842. The standard InChI is InChI=1S/C43H48N4O7/c1-3-45(4-2)31-20-22-32(23-21-31)46-25-13-24-43-38(41(51)47(39(43)42(46)52)33(27-48)26-29-14-7-5-8-15-29)37-35(54-43)18-11-12-19-36(49)53-28-34(44-40(37)50)30-16-9-6-10-17-30/h5-11,13-18,20-24,33-35,37-39,48H,3-4,12,19,25-28H2,1-2H3,(H,44,50)/b18-11-/t33-,34-,35+,37-,38-,39+,43-/m1/s1. The van der Waals surface area contributed by atoms with Gasteiger partial charge in [-0.15, -0.1) is 0 Å². The van der Waals surface area contributed by atoms with Gasteiger partial charge in [-0.25, -0.2) is 0 Å². The molecule has 282 valence electrons. The van der Waals surface area contributed by atoms with Gasteiger partial charge in [-0.1, -0.05) is 85.0 Å². The maximum Gasteiger partial charge on any atom is 0.306 e. The van der Waals surface area contributed by atoms with E-state index in [4.69, 9.17) is 9.47 Å². The fraction of sp³-hybridized carbons (Fsp3) is 0.395. The Hall–Kier alpha value is -5.26. The highest BCUT2D eigenvalue weighted by Gasteiger charge is 2.72. The molecule has 0 bridgehead atoms. The predicted octanol–water partition coefficient (Wildman–Crippen LogP) is 4.37. The summed E-state index contributed by atoms with van der Waals surface area (Å²) in [4.78, 5) is 62.9. The second-order valence-corrected chi connectivity index (χ2v) is 14.3. The second kappa shape index (κ2) is 16.0. The number of hydrogen-bond acceptors (Lipinski definition) is 8. The van der Waals surface area contributed by atoms with Crippen LogP contribution in [0.1, 0.15) is 43.9 Å². The van der Waals surface area contributed by atoms with Crippen molar-refractivity contribution in [1.82, 2.24) is 10.2 Å². The largest absolute Gasteiger partial charge is 0.463 e. The Morgan fingerprint density at radius 3 is 2.30 bits per heavy atom. The first kappa shape index (κ1) is 37.1. The SMILES string of the molecule is CCN(CC)c1ccc(N2CC=C[C@@]34O[C@H]5/C=C\CCC(=O)OC[C@H](c6ccccc6)NC(=O)[C@H]5[C@@H]3C(=O)N([C@@H](CO)Cc3ccccc3)[C@H]4C2=O)cc1. The average molecular weight is 733 g/mol. The number of allylic oxidation sites excluding steroid dienone is 1. The zero-order chi connectivity index (χ0) is 37.8. The Morgan fingerprint density at radius 2 is 1.61 bits per heavy atom. The van der Waals surface area contributed by atoms with Gasteiger partial charge in [-0.05, 0) is 62.1 Å². The first-order valence-corrected chi connectivity index (χ1v) is 19.0. The van der Waals surface area contributed by atoms with E-state index in [0.717, 1.165) is 29.9 Å². The molecule has 4 heterocycles. The Labute approximate surface area is 316 Å². The van der Waals surface area contributed by atoms with E-state index in [1.807, 2.05) is 91.0 Å². The number of nitrogens with zero attached hydrogens (tertiary/aromatic N) is 3. The Balaban J connectivity index is 1.32. The molecule has 2 fully saturated rings. The van der Waals surface area contributed by atoms with Gasteiger partial charge in [-0.3, -0.25) is 19.2 Å². The summed E-state index contributed by atoms with van der Waals surface area (Å²) >= 11 is 0. The molecule has 7 rings (SSSR count). The molecule has 3 aromatic carbocycles. The molecule has 3 aromatic rings. The van der Waals surface area contributed by atoms with E-state index in [-0.39, 0.29) is 25.5 Å². The molecule has 0 unspecified atom stereocenters. The summed E-state index contributed by atoms with van der Waals surface area (Å²) in [7, 11) is 0. The summed E-state index contributed by atoms with van der Waals surface area (Å²) < 4.78 is 12.5. The molecule has 2 saturated heterocycles. The molecule has 11 nitrogen and oxygen atoms in total. The fourth-order valence-corrected chi connectivity index (χ4v) is 8.57. The maximum absolute atomic E-state index is 15.2. The number of aliphatic hydroxyl groups is 1. The van der Waals surface area contributed by atoms with E-state index in [1.165, 1.54) is 4.90 Å². The van der Waals surface area contributed by atoms with Crippen molar-refractivity contribution < 1.29 is 33.8 Å². The smallest absolute Gasteiger partial charge is 0.306 e. The van der Waals surface area contributed by atoms with Gasteiger partial charge in [-0.2, -0.15) is 0 Å². The van der Waals surface area contributed by atoms with Crippen molar-refractivity contribution in [3.8, 4) is 0 Å². The fourth-order valence-electron chi connectivity index (χ4n) is 8.57. The number of ether oxygens (including phenoxy) is 2. The number of carbonyl (C=O) groups excluding carboxylic acids is 4. The number of cyclic esters (lactones) is 1. The minimum atomic E-state index is -1.53.